The molecule has 1 aliphatic rings. The lowest BCUT2D eigenvalue weighted by Gasteiger charge is -2.32. The second-order valence-electron chi connectivity index (χ2n) is 4.43. The van der Waals surface area contributed by atoms with E-state index in [-0.39, 0.29) is 24.0 Å². The fourth-order valence-electron chi connectivity index (χ4n) is 2.09. The molecular formula is C13H14BrFN2O2. The molecule has 1 aromatic rings. The van der Waals surface area contributed by atoms with Gasteiger partial charge in [0.2, 0.25) is 11.8 Å². The number of hydrogen-bond acceptors (Lipinski definition) is 2. The van der Waals surface area contributed by atoms with Gasteiger partial charge >= 0.3 is 0 Å². The van der Waals surface area contributed by atoms with Gasteiger partial charge in [0.1, 0.15) is 18.4 Å². The minimum absolute atomic E-state index is 0.135. The fourth-order valence-corrected chi connectivity index (χ4v) is 2.44. The smallest absolute Gasteiger partial charge is 0.250 e. The van der Waals surface area contributed by atoms with E-state index in [0.717, 1.165) is 6.42 Å². The van der Waals surface area contributed by atoms with Crippen molar-refractivity contribution in [1.82, 2.24) is 5.32 Å². The minimum Gasteiger partial charge on any atom is -0.343 e. The summed E-state index contributed by atoms with van der Waals surface area (Å²) < 4.78 is 14.5. The van der Waals surface area contributed by atoms with E-state index in [4.69, 9.17) is 0 Å². The van der Waals surface area contributed by atoms with Crippen molar-refractivity contribution >= 4 is 33.4 Å². The summed E-state index contributed by atoms with van der Waals surface area (Å²) in [5, 5.41) is 2.64. The fraction of sp³-hybridized carbons (Fsp3) is 0.385. The van der Waals surface area contributed by atoms with Crippen LogP contribution in [0.3, 0.4) is 0 Å². The summed E-state index contributed by atoms with van der Waals surface area (Å²) in [5.41, 5.74) is 0.135. The maximum absolute atomic E-state index is 13.8. The van der Waals surface area contributed by atoms with E-state index in [2.05, 4.69) is 21.2 Å². The number of carbonyl (C=O) groups is 2. The Morgan fingerprint density at radius 1 is 1.47 bits per heavy atom. The summed E-state index contributed by atoms with van der Waals surface area (Å²) in [6, 6.07) is 3.77. The van der Waals surface area contributed by atoms with Crippen LogP contribution in [0.25, 0.3) is 0 Å². The number of amides is 2. The lowest BCUT2D eigenvalue weighted by atomic mass is 10.1. The predicted octanol–water partition coefficient (Wildman–Crippen LogP) is 2.22. The van der Waals surface area contributed by atoms with Crippen LogP contribution in [0.4, 0.5) is 10.1 Å². The van der Waals surface area contributed by atoms with Gasteiger partial charge in [-0.25, -0.2) is 4.39 Å². The summed E-state index contributed by atoms with van der Waals surface area (Å²) >= 11 is 3.24. The van der Waals surface area contributed by atoms with Gasteiger partial charge in [-0.15, -0.1) is 0 Å². The third-order valence-corrected chi connectivity index (χ3v) is 3.47. The molecule has 0 bridgehead atoms. The molecule has 102 valence electrons. The van der Waals surface area contributed by atoms with Crippen molar-refractivity contribution in [2.45, 2.75) is 25.8 Å². The largest absolute Gasteiger partial charge is 0.343 e. The van der Waals surface area contributed by atoms with Gasteiger partial charge in [0, 0.05) is 4.47 Å². The molecule has 1 N–H and O–H groups in total. The van der Waals surface area contributed by atoms with Gasteiger partial charge in [0.25, 0.3) is 0 Å². The molecule has 0 aliphatic carbocycles. The maximum Gasteiger partial charge on any atom is 0.250 e. The molecule has 1 saturated heterocycles. The summed E-state index contributed by atoms with van der Waals surface area (Å²) in [7, 11) is 0. The van der Waals surface area contributed by atoms with Crippen LogP contribution in [-0.2, 0) is 9.59 Å². The zero-order valence-corrected chi connectivity index (χ0v) is 12.0. The number of anilines is 1. The van der Waals surface area contributed by atoms with Crippen LogP contribution < -0.4 is 10.2 Å². The standard InChI is InChI=1S/C13H14BrFN2O2/c1-2-3-10-13(19)17(7-12(18)16-10)11-6-8(14)4-5-9(11)15/h4-6,10H,2-3,7H2,1H3,(H,16,18). The number of nitrogens with zero attached hydrogens (tertiary/aromatic N) is 1. The molecule has 1 aromatic carbocycles. The number of benzene rings is 1. The summed E-state index contributed by atoms with van der Waals surface area (Å²) in [4.78, 5) is 25.1. The lowest BCUT2D eigenvalue weighted by molar-refractivity contribution is -0.131. The third kappa shape index (κ3) is 2.94. The molecule has 1 unspecified atom stereocenters. The molecule has 1 fully saturated rings. The highest BCUT2D eigenvalue weighted by molar-refractivity contribution is 9.10. The third-order valence-electron chi connectivity index (χ3n) is 2.98. The van der Waals surface area contributed by atoms with Crippen LogP contribution in [0.1, 0.15) is 19.8 Å². The van der Waals surface area contributed by atoms with Gasteiger partial charge in [-0.1, -0.05) is 29.3 Å². The normalized spacial score (nSPS) is 19.5. The topological polar surface area (TPSA) is 49.4 Å². The second kappa shape index (κ2) is 5.69. The average molecular weight is 329 g/mol. The first-order chi connectivity index (χ1) is 9.02. The van der Waals surface area contributed by atoms with Gasteiger partial charge in [-0.2, -0.15) is 0 Å². The van der Waals surface area contributed by atoms with E-state index in [9.17, 15) is 14.0 Å². The molecule has 1 atom stereocenters. The summed E-state index contributed by atoms with van der Waals surface area (Å²) in [5.74, 6) is -1.04. The number of nitrogens with one attached hydrogen (secondary N) is 1. The predicted molar refractivity (Wildman–Crippen MR) is 73.3 cm³/mol. The van der Waals surface area contributed by atoms with Crippen molar-refractivity contribution in [3.63, 3.8) is 0 Å². The van der Waals surface area contributed by atoms with Crippen LogP contribution in [0.5, 0.6) is 0 Å². The highest BCUT2D eigenvalue weighted by Crippen LogP contribution is 2.26. The van der Waals surface area contributed by atoms with Crippen molar-refractivity contribution < 1.29 is 14.0 Å². The average Bonchev–Trinajstić information content (AvgIpc) is 2.37. The number of hydrogen-bond donors (Lipinski definition) is 1. The highest BCUT2D eigenvalue weighted by atomic mass is 79.9. The van der Waals surface area contributed by atoms with E-state index >= 15 is 0 Å². The van der Waals surface area contributed by atoms with Crippen molar-refractivity contribution in [3.05, 3.63) is 28.5 Å². The molecule has 0 aromatic heterocycles. The number of piperazine rings is 1. The number of carbonyl (C=O) groups excluding carboxylic acids is 2. The highest BCUT2D eigenvalue weighted by Gasteiger charge is 2.34. The molecule has 0 radical (unpaired) electrons. The van der Waals surface area contributed by atoms with Crippen LogP contribution in [-0.4, -0.2) is 24.4 Å². The first-order valence-electron chi connectivity index (χ1n) is 6.08. The van der Waals surface area contributed by atoms with Crippen molar-refractivity contribution in [2.75, 3.05) is 11.4 Å². The second-order valence-corrected chi connectivity index (χ2v) is 5.34. The van der Waals surface area contributed by atoms with Gasteiger partial charge < -0.3 is 5.32 Å². The molecule has 1 heterocycles. The molecule has 0 saturated carbocycles. The monoisotopic (exact) mass is 328 g/mol. The molecule has 6 heteroatoms. The van der Waals surface area contributed by atoms with E-state index in [1.165, 1.54) is 17.0 Å². The van der Waals surface area contributed by atoms with Gasteiger partial charge in [-0.05, 0) is 24.6 Å². The van der Waals surface area contributed by atoms with E-state index in [0.29, 0.717) is 10.9 Å². The molecule has 4 nitrogen and oxygen atoms in total. The van der Waals surface area contributed by atoms with Crippen LogP contribution >= 0.6 is 15.9 Å². The van der Waals surface area contributed by atoms with Crippen molar-refractivity contribution in [2.24, 2.45) is 0 Å². The quantitative estimate of drug-likeness (QED) is 0.924. The molecule has 0 spiro atoms. The zero-order chi connectivity index (χ0) is 14.0. The Balaban J connectivity index is 2.34. The van der Waals surface area contributed by atoms with Crippen molar-refractivity contribution in [1.29, 1.82) is 0 Å². The Bertz CT molecular complexity index is 521. The number of rotatable bonds is 3. The molecule has 2 amide bonds. The Kier molecular flexibility index (Phi) is 4.19. The SMILES string of the molecule is CCCC1NC(=O)CN(c2cc(Br)ccc2F)C1=O. The summed E-state index contributed by atoms with van der Waals surface area (Å²) in [6.45, 7) is 1.78. The molecule has 19 heavy (non-hydrogen) atoms. The van der Waals surface area contributed by atoms with Gasteiger partial charge in [0.05, 0.1) is 5.69 Å². The Hall–Kier alpha value is -1.43. The Morgan fingerprint density at radius 2 is 2.21 bits per heavy atom. The zero-order valence-electron chi connectivity index (χ0n) is 10.5. The van der Waals surface area contributed by atoms with Crippen molar-refractivity contribution in [3.8, 4) is 0 Å². The minimum atomic E-state index is -0.565. The van der Waals surface area contributed by atoms with E-state index < -0.39 is 11.9 Å². The first kappa shape index (κ1) is 14.0. The molecule has 2 rings (SSSR count). The number of halogens is 2. The molecular weight excluding hydrogens is 315 g/mol. The summed E-state index contributed by atoms with van der Waals surface area (Å²) in [6.07, 6.45) is 1.32. The van der Waals surface area contributed by atoms with E-state index in [1.807, 2.05) is 6.92 Å². The first-order valence-corrected chi connectivity index (χ1v) is 6.88. The van der Waals surface area contributed by atoms with Gasteiger partial charge in [-0.3, -0.25) is 14.5 Å². The Morgan fingerprint density at radius 3 is 2.89 bits per heavy atom. The maximum atomic E-state index is 13.8. The van der Waals surface area contributed by atoms with Crippen LogP contribution in [0.15, 0.2) is 22.7 Å². The Labute approximate surface area is 119 Å². The van der Waals surface area contributed by atoms with E-state index in [1.54, 1.807) is 6.07 Å². The van der Waals surface area contributed by atoms with Gasteiger partial charge in [0.15, 0.2) is 0 Å². The molecule has 1 aliphatic heterocycles. The van der Waals surface area contributed by atoms with Crippen LogP contribution in [0, 0.1) is 5.82 Å². The lowest BCUT2D eigenvalue weighted by Crippen LogP contribution is -2.58. The van der Waals surface area contributed by atoms with Crippen LogP contribution in [0.2, 0.25) is 0 Å².